The Balaban J connectivity index is 1.54. The Labute approximate surface area is 328 Å². The van der Waals surface area contributed by atoms with Crippen LogP contribution < -0.4 is 4.90 Å². The minimum atomic E-state index is 0.136. The molecule has 302 valence electrons. The van der Waals surface area contributed by atoms with Crippen molar-refractivity contribution in [3.8, 4) is 0 Å². The van der Waals surface area contributed by atoms with Crippen molar-refractivity contribution in [1.82, 2.24) is 14.9 Å². The molecule has 0 radical (unpaired) electrons. The van der Waals surface area contributed by atoms with Crippen LogP contribution in [0.3, 0.4) is 0 Å². The van der Waals surface area contributed by atoms with Crippen LogP contribution in [0.5, 0.6) is 0 Å². The minimum Gasteiger partial charge on any atom is -0.379 e. The van der Waals surface area contributed by atoms with E-state index >= 15 is 0 Å². The van der Waals surface area contributed by atoms with Gasteiger partial charge in [-0.1, -0.05) is 140 Å². The molecule has 53 heavy (non-hydrogen) atoms. The van der Waals surface area contributed by atoms with E-state index in [0.29, 0.717) is 6.61 Å². The van der Waals surface area contributed by atoms with Crippen LogP contribution in [0.4, 0.5) is 5.95 Å². The van der Waals surface area contributed by atoms with Crippen LogP contribution >= 0.6 is 0 Å². The van der Waals surface area contributed by atoms with Crippen molar-refractivity contribution in [2.45, 2.75) is 174 Å². The van der Waals surface area contributed by atoms with E-state index in [9.17, 15) is 0 Å². The van der Waals surface area contributed by atoms with Crippen molar-refractivity contribution in [2.75, 3.05) is 57.4 Å². The van der Waals surface area contributed by atoms with E-state index in [1.54, 1.807) is 0 Å². The van der Waals surface area contributed by atoms with Gasteiger partial charge in [-0.25, -0.2) is 9.97 Å². The van der Waals surface area contributed by atoms with Gasteiger partial charge in [-0.2, -0.15) is 0 Å². The molecule has 1 aromatic heterocycles. The summed E-state index contributed by atoms with van der Waals surface area (Å²) < 4.78 is 12.7. The van der Waals surface area contributed by atoms with Crippen LogP contribution in [0, 0.1) is 0 Å². The predicted molar refractivity (Wildman–Crippen MR) is 230 cm³/mol. The normalized spacial score (nSPS) is 14.9. The number of unbranched alkanes of at least 4 members (excludes halogenated alkanes) is 18. The standard InChI is InChI=1S/C47H82N4O2/c1-3-5-7-9-11-13-15-17-19-21-23-25-27-29-31-33-42-52-45-46(44-50-38-40-51(41-39-50)47-48-36-35-37-49-47)53-43-34-32-30-28-26-24-22-20-18-16-14-12-10-8-6-4-2/h11-14,17-20,35-37,46H,3-10,15-16,21-34,38-45H2,1-2H3/b13-11-,14-12+,19-17-,20-18+. The number of piperazine rings is 1. The van der Waals surface area contributed by atoms with Gasteiger partial charge >= 0.3 is 0 Å². The lowest BCUT2D eigenvalue weighted by Crippen LogP contribution is -2.50. The summed E-state index contributed by atoms with van der Waals surface area (Å²) >= 11 is 0. The van der Waals surface area contributed by atoms with Gasteiger partial charge < -0.3 is 14.4 Å². The van der Waals surface area contributed by atoms with Crippen molar-refractivity contribution < 1.29 is 9.47 Å². The Morgan fingerprint density at radius 1 is 0.547 bits per heavy atom. The SMILES string of the molecule is CCCCC/C=C\C/C=C\CCCCCCCCOCC(CN1CCN(c2ncccn2)CC1)OCCCCCCCC/C=C/C/C=C/CCCCC. The summed E-state index contributed by atoms with van der Waals surface area (Å²) in [4.78, 5) is 13.7. The summed E-state index contributed by atoms with van der Waals surface area (Å²) in [5, 5.41) is 0. The maximum Gasteiger partial charge on any atom is 0.225 e. The number of anilines is 1. The maximum absolute atomic E-state index is 6.48. The van der Waals surface area contributed by atoms with Crippen molar-refractivity contribution in [2.24, 2.45) is 0 Å². The van der Waals surface area contributed by atoms with E-state index in [1.165, 1.54) is 128 Å². The van der Waals surface area contributed by atoms with E-state index < -0.39 is 0 Å². The molecule has 6 nitrogen and oxygen atoms in total. The summed E-state index contributed by atoms with van der Waals surface area (Å²) in [5.41, 5.74) is 0. The van der Waals surface area contributed by atoms with Gasteiger partial charge in [0.2, 0.25) is 5.95 Å². The van der Waals surface area contributed by atoms with Crippen LogP contribution in [0.15, 0.2) is 67.1 Å². The van der Waals surface area contributed by atoms with Gasteiger partial charge in [0.25, 0.3) is 0 Å². The zero-order chi connectivity index (χ0) is 37.5. The third-order valence-corrected chi connectivity index (χ3v) is 10.2. The first-order valence-electron chi connectivity index (χ1n) is 22.4. The lowest BCUT2D eigenvalue weighted by atomic mass is 10.1. The Hall–Kier alpha value is -2.28. The Bertz CT molecular complexity index is 1020. The van der Waals surface area contributed by atoms with Gasteiger partial charge in [-0.3, -0.25) is 4.90 Å². The number of nitrogens with zero attached hydrogens (tertiary/aromatic N) is 4. The van der Waals surface area contributed by atoms with Gasteiger partial charge in [0.1, 0.15) is 0 Å². The molecule has 0 aliphatic carbocycles. The summed E-state index contributed by atoms with van der Waals surface area (Å²) in [7, 11) is 0. The van der Waals surface area contributed by atoms with Gasteiger partial charge in [0.05, 0.1) is 12.7 Å². The zero-order valence-corrected chi connectivity index (χ0v) is 34.7. The van der Waals surface area contributed by atoms with Gasteiger partial charge in [-0.05, 0) is 83.1 Å². The average molecular weight is 735 g/mol. The molecule has 1 fully saturated rings. The molecule has 1 unspecified atom stereocenters. The Morgan fingerprint density at radius 3 is 1.51 bits per heavy atom. The number of ether oxygens (including phenoxy) is 2. The fraction of sp³-hybridized carbons (Fsp3) is 0.745. The van der Waals surface area contributed by atoms with E-state index in [0.717, 1.165) is 77.6 Å². The smallest absolute Gasteiger partial charge is 0.225 e. The highest BCUT2D eigenvalue weighted by Gasteiger charge is 2.22. The molecule has 0 N–H and O–H groups in total. The highest BCUT2D eigenvalue weighted by atomic mass is 16.5. The lowest BCUT2D eigenvalue weighted by Gasteiger charge is -2.36. The zero-order valence-electron chi connectivity index (χ0n) is 34.7. The molecule has 0 spiro atoms. The lowest BCUT2D eigenvalue weighted by molar-refractivity contribution is -0.0349. The van der Waals surface area contributed by atoms with Crippen molar-refractivity contribution in [3.05, 3.63) is 67.1 Å². The maximum atomic E-state index is 6.48. The Morgan fingerprint density at radius 2 is 1.00 bits per heavy atom. The fourth-order valence-electron chi connectivity index (χ4n) is 6.77. The minimum absolute atomic E-state index is 0.136. The third kappa shape index (κ3) is 28.8. The molecule has 1 saturated heterocycles. The number of aromatic nitrogens is 2. The molecule has 1 aliphatic heterocycles. The second-order valence-electron chi connectivity index (χ2n) is 15.1. The monoisotopic (exact) mass is 735 g/mol. The summed E-state index contributed by atoms with van der Waals surface area (Å²) in [6, 6.07) is 1.88. The molecule has 1 atom stereocenters. The third-order valence-electron chi connectivity index (χ3n) is 10.2. The van der Waals surface area contributed by atoms with Gasteiger partial charge in [0.15, 0.2) is 0 Å². The number of rotatable bonds is 36. The van der Waals surface area contributed by atoms with Crippen molar-refractivity contribution in [3.63, 3.8) is 0 Å². The largest absolute Gasteiger partial charge is 0.379 e. The molecule has 0 amide bonds. The summed E-state index contributed by atoms with van der Waals surface area (Å²) in [5.74, 6) is 0.842. The first kappa shape index (κ1) is 46.9. The molecular weight excluding hydrogens is 653 g/mol. The van der Waals surface area contributed by atoms with Crippen LogP contribution in [0.25, 0.3) is 0 Å². The van der Waals surface area contributed by atoms with E-state index in [4.69, 9.17) is 9.47 Å². The van der Waals surface area contributed by atoms with Crippen LogP contribution in [-0.2, 0) is 9.47 Å². The first-order valence-corrected chi connectivity index (χ1v) is 22.4. The second-order valence-corrected chi connectivity index (χ2v) is 15.1. The molecule has 6 heteroatoms. The van der Waals surface area contributed by atoms with Gasteiger partial charge in [-0.15, -0.1) is 0 Å². The van der Waals surface area contributed by atoms with Crippen LogP contribution in [0.1, 0.15) is 168 Å². The van der Waals surface area contributed by atoms with Gasteiger partial charge in [0, 0.05) is 58.3 Å². The summed E-state index contributed by atoms with van der Waals surface area (Å²) in [6.07, 6.45) is 53.1. The van der Waals surface area contributed by atoms with E-state index in [1.807, 2.05) is 18.5 Å². The highest BCUT2D eigenvalue weighted by Crippen LogP contribution is 2.13. The molecule has 0 saturated carbocycles. The first-order chi connectivity index (χ1) is 26.3. The number of hydrogen-bond acceptors (Lipinski definition) is 6. The summed E-state index contributed by atoms with van der Waals surface area (Å²) in [6.45, 7) is 11.8. The van der Waals surface area contributed by atoms with Crippen LogP contribution in [-0.4, -0.2) is 73.5 Å². The van der Waals surface area contributed by atoms with Crippen molar-refractivity contribution >= 4 is 5.95 Å². The molecule has 2 heterocycles. The number of allylic oxidation sites excluding steroid dienone is 8. The van der Waals surface area contributed by atoms with E-state index in [2.05, 4.69) is 82.2 Å². The Kier molecular flexibility index (Phi) is 32.4. The highest BCUT2D eigenvalue weighted by molar-refractivity contribution is 5.29. The topological polar surface area (TPSA) is 50.7 Å². The molecular formula is C47H82N4O2. The van der Waals surface area contributed by atoms with Crippen LogP contribution in [0.2, 0.25) is 0 Å². The average Bonchev–Trinajstić information content (AvgIpc) is 3.19. The molecule has 2 rings (SSSR count). The second kappa shape index (κ2) is 36.7. The van der Waals surface area contributed by atoms with E-state index in [-0.39, 0.29) is 6.10 Å². The molecule has 1 aromatic rings. The predicted octanol–water partition coefficient (Wildman–Crippen LogP) is 12.6. The quantitative estimate of drug-likeness (QED) is 0.0505. The molecule has 0 bridgehead atoms. The molecule has 1 aliphatic rings. The fourth-order valence-corrected chi connectivity index (χ4v) is 6.77. The van der Waals surface area contributed by atoms with Crippen molar-refractivity contribution in [1.29, 1.82) is 0 Å². The number of hydrogen-bond donors (Lipinski definition) is 0. The molecule has 0 aromatic carbocycles.